The molecule has 0 fully saturated rings. The van der Waals surface area contributed by atoms with Gasteiger partial charge < -0.3 is 49.1 Å². The number of rotatable bonds is 17. The van der Waals surface area contributed by atoms with Crippen molar-refractivity contribution in [2.45, 2.75) is 70.1 Å². The van der Waals surface area contributed by atoms with Gasteiger partial charge in [-0.2, -0.15) is 0 Å². The van der Waals surface area contributed by atoms with Crippen molar-refractivity contribution in [1.82, 2.24) is 16.0 Å². The lowest BCUT2D eigenvalue weighted by molar-refractivity contribution is -0.143. The van der Waals surface area contributed by atoms with Crippen molar-refractivity contribution in [2.24, 2.45) is 33.8 Å². The van der Waals surface area contributed by atoms with Gasteiger partial charge in [-0.05, 0) is 25.2 Å². The van der Waals surface area contributed by atoms with Crippen molar-refractivity contribution in [3.8, 4) is 0 Å². The SMILES string of the molecule is CC(C)CC(NC(=O)C(CCCN=C(N)N)NC(=O)C(CC(N)=O)NC(=O)C(N)CC(=O)O)C(=O)O. The normalized spacial score (nSPS) is 14.0. The van der Waals surface area contributed by atoms with Crippen LogP contribution in [0.15, 0.2) is 4.99 Å². The maximum atomic E-state index is 12.9. The maximum Gasteiger partial charge on any atom is 0.326 e. The lowest BCUT2D eigenvalue weighted by Gasteiger charge is -2.25. The first-order chi connectivity index (χ1) is 16.6. The molecule has 4 atom stereocenters. The minimum Gasteiger partial charge on any atom is -0.481 e. The van der Waals surface area contributed by atoms with Gasteiger partial charge in [-0.25, -0.2) is 4.79 Å². The highest BCUT2D eigenvalue weighted by atomic mass is 16.4. The van der Waals surface area contributed by atoms with E-state index in [4.69, 9.17) is 28.0 Å². The molecule has 36 heavy (non-hydrogen) atoms. The van der Waals surface area contributed by atoms with E-state index in [0.29, 0.717) is 0 Å². The average molecular weight is 517 g/mol. The standard InChI is InChI=1S/C20H36N8O8/c1-9(2)6-13(19(35)36)28-17(33)11(4-3-5-25-20(23)24)26-18(34)12(8-14(22)29)27-16(32)10(21)7-15(30)31/h9-13H,3-8,21H2,1-2H3,(H2,22,29)(H,26,34)(H,27,32)(H,28,33)(H,30,31)(H,35,36)(H4,23,24,25). The fourth-order valence-corrected chi connectivity index (χ4v) is 2.98. The second-order valence-electron chi connectivity index (χ2n) is 8.47. The summed E-state index contributed by atoms with van der Waals surface area (Å²) in [7, 11) is 0. The van der Waals surface area contributed by atoms with Gasteiger partial charge >= 0.3 is 11.9 Å². The number of amides is 4. The minimum absolute atomic E-state index is 0.0296. The summed E-state index contributed by atoms with van der Waals surface area (Å²) in [6.07, 6.45) is -1.12. The number of primary amides is 1. The predicted octanol–water partition coefficient (Wildman–Crippen LogP) is -3.70. The third-order valence-electron chi connectivity index (χ3n) is 4.67. The quantitative estimate of drug-likeness (QED) is 0.0514. The predicted molar refractivity (Wildman–Crippen MR) is 127 cm³/mol. The number of carboxylic acids is 2. The summed E-state index contributed by atoms with van der Waals surface area (Å²) >= 11 is 0. The van der Waals surface area contributed by atoms with Crippen LogP contribution in [0.2, 0.25) is 0 Å². The first kappa shape index (κ1) is 32.0. The summed E-state index contributed by atoms with van der Waals surface area (Å²) in [5, 5.41) is 25.1. The number of nitrogens with zero attached hydrogens (tertiary/aromatic N) is 1. The maximum absolute atomic E-state index is 12.9. The Balaban J connectivity index is 5.67. The fourth-order valence-electron chi connectivity index (χ4n) is 2.98. The number of nitrogens with two attached hydrogens (primary N) is 4. The molecule has 4 amide bonds. The van der Waals surface area contributed by atoms with Gasteiger partial charge in [0.05, 0.1) is 18.9 Å². The monoisotopic (exact) mass is 516 g/mol. The van der Waals surface area contributed by atoms with Crippen LogP contribution in [0.3, 0.4) is 0 Å². The third kappa shape index (κ3) is 13.7. The van der Waals surface area contributed by atoms with Crippen molar-refractivity contribution < 1.29 is 39.0 Å². The molecule has 0 aromatic heterocycles. The molecule has 16 heteroatoms. The number of aliphatic carboxylic acids is 2. The van der Waals surface area contributed by atoms with Gasteiger partial charge in [0.25, 0.3) is 0 Å². The Labute approximate surface area is 207 Å². The van der Waals surface area contributed by atoms with Crippen LogP contribution in [0.4, 0.5) is 0 Å². The molecule has 0 spiro atoms. The van der Waals surface area contributed by atoms with Crippen molar-refractivity contribution in [3.05, 3.63) is 0 Å². The molecule has 0 radical (unpaired) electrons. The van der Waals surface area contributed by atoms with Crippen molar-refractivity contribution in [3.63, 3.8) is 0 Å². The number of hydrogen-bond acceptors (Lipinski definition) is 8. The van der Waals surface area contributed by atoms with E-state index >= 15 is 0 Å². The van der Waals surface area contributed by atoms with Crippen molar-refractivity contribution in [1.29, 1.82) is 0 Å². The zero-order valence-corrected chi connectivity index (χ0v) is 20.2. The lowest BCUT2D eigenvalue weighted by Crippen LogP contribution is -2.58. The number of hydrogen-bond donors (Lipinski definition) is 9. The summed E-state index contributed by atoms with van der Waals surface area (Å²) in [6, 6.07) is -5.61. The van der Waals surface area contributed by atoms with Crippen LogP contribution < -0.4 is 38.9 Å². The summed E-state index contributed by atoms with van der Waals surface area (Å²) in [4.78, 5) is 75.4. The van der Waals surface area contributed by atoms with Crippen LogP contribution in [0.5, 0.6) is 0 Å². The van der Waals surface area contributed by atoms with Gasteiger partial charge in [0, 0.05) is 6.54 Å². The van der Waals surface area contributed by atoms with E-state index in [9.17, 15) is 33.9 Å². The number of carbonyl (C=O) groups is 6. The molecule has 0 aromatic carbocycles. The van der Waals surface area contributed by atoms with Gasteiger partial charge in [0.1, 0.15) is 18.1 Å². The Hall–Kier alpha value is -3.95. The Morgan fingerprint density at radius 2 is 1.33 bits per heavy atom. The number of nitrogens with one attached hydrogen (secondary N) is 3. The number of carboxylic acid groups (broad SMARTS) is 2. The summed E-state index contributed by atoms with van der Waals surface area (Å²) in [5.41, 5.74) is 21.2. The largest absolute Gasteiger partial charge is 0.481 e. The van der Waals surface area contributed by atoms with Crippen LogP contribution in [-0.4, -0.2) is 82.5 Å². The Kier molecular flexibility index (Phi) is 14.1. The molecule has 4 unspecified atom stereocenters. The number of carbonyl (C=O) groups excluding carboxylic acids is 4. The molecule has 0 rings (SSSR count). The molecular formula is C20H36N8O8. The molecule has 0 aromatic rings. The number of aliphatic imine (C=N–C) groups is 1. The van der Waals surface area contributed by atoms with E-state index in [1.807, 2.05) is 0 Å². The topological polar surface area (TPSA) is 295 Å². The van der Waals surface area contributed by atoms with Crippen LogP contribution in [0.25, 0.3) is 0 Å². The molecular weight excluding hydrogens is 480 g/mol. The molecule has 0 saturated carbocycles. The summed E-state index contributed by atoms with van der Waals surface area (Å²) in [5.74, 6) is -6.71. The van der Waals surface area contributed by atoms with Gasteiger partial charge in [0.15, 0.2) is 5.96 Å². The van der Waals surface area contributed by atoms with Crippen LogP contribution in [0.1, 0.15) is 46.0 Å². The summed E-state index contributed by atoms with van der Waals surface area (Å²) < 4.78 is 0. The molecule has 0 aliphatic heterocycles. The van der Waals surface area contributed by atoms with Crippen LogP contribution >= 0.6 is 0 Å². The molecule has 16 nitrogen and oxygen atoms in total. The van der Waals surface area contributed by atoms with Gasteiger partial charge in [-0.15, -0.1) is 0 Å². The Bertz CT molecular complexity index is 844. The van der Waals surface area contributed by atoms with E-state index in [1.54, 1.807) is 13.8 Å². The van der Waals surface area contributed by atoms with Gasteiger partial charge in [0.2, 0.25) is 23.6 Å². The highest BCUT2D eigenvalue weighted by Gasteiger charge is 2.31. The first-order valence-corrected chi connectivity index (χ1v) is 11.1. The Morgan fingerprint density at radius 3 is 1.81 bits per heavy atom. The van der Waals surface area contributed by atoms with Gasteiger partial charge in [-0.1, -0.05) is 13.8 Å². The Morgan fingerprint density at radius 1 is 0.806 bits per heavy atom. The summed E-state index contributed by atoms with van der Waals surface area (Å²) in [6.45, 7) is 3.63. The molecule has 0 heterocycles. The van der Waals surface area contributed by atoms with Crippen molar-refractivity contribution >= 4 is 41.5 Å². The molecule has 0 aliphatic carbocycles. The fraction of sp³-hybridized carbons (Fsp3) is 0.650. The van der Waals surface area contributed by atoms with Crippen LogP contribution in [-0.2, 0) is 28.8 Å². The zero-order valence-electron chi connectivity index (χ0n) is 20.2. The highest BCUT2D eigenvalue weighted by molar-refractivity contribution is 5.96. The molecule has 0 bridgehead atoms. The molecule has 13 N–H and O–H groups in total. The van der Waals surface area contributed by atoms with E-state index in [2.05, 4.69) is 20.9 Å². The highest BCUT2D eigenvalue weighted by Crippen LogP contribution is 2.07. The minimum atomic E-state index is -1.58. The second-order valence-corrected chi connectivity index (χ2v) is 8.47. The molecule has 204 valence electrons. The van der Waals surface area contributed by atoms with Crippen LogP contribution in [0, 0.1) is 5.92 Å². The molecule has 0 saturated heterocycles. The van der Waals surface area contributed by atoms with E-state index in [1.165, 1.54) is 0 Å². The van der Waals surface area contributed by atoms with Crippen molar-refractivity contribution in [2.75, 3.05) is 6.54 Å². The third-order valence-corrected chi connectivity index (χ3v) is 4.67. The number of guanidine groups is 1. The first-order valence-electron chi connectivity index (χ1n) is 11.1. The van der Waals surface area contributed by atoms with E-state index in [0.717, 1.165) is 0 Å². The van der Waals surface area contributed by atoms with E-state index < -0.39 is 72.6 Å². The van der Waals surface area contributed by atoms with Gasteiger partial charge in [-0.3, -0.25) is 29.0 Å². The molecule has 0 aliphatic rings. The second kappa shape index (κ2) is 15.9. The smallest absolute Gasteiger partial charge is 0.326 e. The lowest BCUT2D eigenvalue weighted by atomic mass is 10.0. The average Bonchev–Trinajstić information content (AvgIpc) is 2.73. The van der Waals surface area contributed by atoms with E-state index in [-0.39, 0.29) is 37.7 Å². The zero-order chi connectivity index (χ0) is 28.0.